The Morgan fingerprint density at radius 1 is 1.64 bits per heavy atom. The Bertz CT molecular complexity index is 313. The molecule has 0 radical (unpaired) electrons. The van der Waals surface area contributed by atoms with Crippen LogP contribution in [0.4, 0.5) is 0 Å². The third kappa shape index (κ3) is 1.93. The third-order valence-electron chi connectivity index (χ3n) is 2.06. The van der Waals surface area contributed by atoms with Crippen LogP contribution in [0.3, 0.4) is 0 Å². The van der Waals surface area contributed by atoms with Crippen LogP contribution in [0, 0.1) is 13.8 Å². The van der Waals surface area contributed by atoms with Gasteiger partial charge in [0.25, 0.3) is 0 Å². The molecule has 1 aromatic rings. The van der Waals surface area contributed by atoms with Gasteiger partial charge in [0.1, 0.15) is 11.7 Å². The third-order valence-corrected chi connectivity index (χ3v) is 2.06. The van der Waals surface area contributed by atoms with E-state index < -0.39 is 11.9 Å². The minimum absolute atomic E-state index is 0.131. The van der Waals surface area contributed by atoms with Crippen LogP contribution in [-0.2, 0) is 9.53 Å². The quantitative estimate of drug-likeness (QED) is 0.716. The van der Waals surface area contributed by atoms with Crippen LogP contribution >= 0.6 is 0 Å². The molecular formula is C9H14N2O3. The van der Waals surface area contributed by atoms with Crippen molar-refractivity contribution in [1.29, 1.82) is 0 Å². The molecule has 0 aromatic carbocycles. The van der Waals surface area contributed by atoms with Crippen molar-refractivity contribution in [2.75, 3.05) is 13.7 Å². The zero-order valence-electron chi connectivity index (χ0n) is 8.53. The molecule has 0 spiro atoms. The Hall–Kier alpha value is -1.36. The molecule has 1 heterocycles. The second-order valence-electron chi connectivity index (χ2n) is 3.01. The summed E-state index contributed by atoms with van der Waals surface area (Å²) >= 11 is 0. The Labute approximate surface area is 82.2 Å². The van der Waals surface area contributed by atoms with Crippen molar-refractivity contribution in [2.45, 2.75) is 19.8 Å². The summed E-state index contributed by atoms with van der Waals surface area (Å²) in [5.74, 6) is -0.00199. The second kappa shape index (κ2) is 4.23. The normalized spacial score (nSPS) is 12.6. The number of nitrogens with two attached hydrogens (primary N) is 1. The van der Waals surface area contributed by atoms with Gasteiger partial charge in [-0.2, -0.15) is 0 Å². The Morgan fingerprint density at radius 2 is 2.29 bits per heavy atom. The van der Waals surface area contributed by atoms with Crippen molar-refractivity contribution in [3.8, 4) is 0 Å². The number of ether oxygens (including phenoxy) is 1. The molecule has 0 aliphatic carbocycles. The summed E-state index contributed by atoms with van der Waals surface area (Å²) in [5.41, 5.74) is 6.21. The molecule has 0 fully saturated rings. The molecule has 1 atom stereocenters. The molecule has 5 nitrogen and oxygen atoms in total. The number of carbonyl (C=O) groups excluding carboxylic acids is 1. The lowest BCUT2D eigenvalue weighted by atomic mass is 10.1. The van der Waals surface area contributed by atoms with Crippen molar-refractivity contribution < 1.29 is 13.9 Å². The predicted octanol–water partition coefficient (Wildman–Crippen LogP) is 0.507. The van der Waals surface area contributed by atoms with Crippen LogP contribution in [0.25, 0.3) is 0 Å². The van der Waals surface area contributed by atoms with Crippen LogP contribution in [0.1, 0.15) is 23.3 Å². The summed E-state index contributed by atoms with van der Waals surface area (Å²) in [6.07, 6.45) is 0. The van der Waals surface area contributed by atoms with Gasteiger partial charge < -0.3 is 14.9 Å². The van der Waals surface area contributed by atoms with Gasteiger partial charge in [-0.1, -0.05) is 0 Å². The van der Waals surface area contributed by atoms with Crippen LogP contribution in [0.2, 0.25) is 0 Å². The molecule has 5 heteroatoms. The molecule has 0 aliphatic heterocycles. The highest BCUT2D eigenvalue weighted by atomic mass is 16.5. The molecule has 14 heavy (non-hydrogen) atoms. The Balaban J connectivity index is 2.95. The van der Waals surface area contributed by atoms with E-state index in [-0.39, 0.29) is 6.54 Å². The molecular weight excluding hydrogens is 184 g/mol. The summed E-state index contributed by atoms with van der Waals surface area (Å²) < 4.78 is 9.89. The van der Waals surface area contributed by atoms with Gasteiger partial charge in [-0.25, -0.2) is 4.98 Å². The molecule has 1 unspecified atom stereocenters. The lowest BCUT2D eigenvalue weighted by Gasteiger charge is -2.07. The highest BCUT2D eigenvalue weighted by molar-refractivity contribution is 5.77. The number of rotatable bonds is 3. The summed E-state index contributed by atoms with van der Waals surface area (Å²) in [4.78, 5) is 15.4. The van der Waals surface area contributed by atoms with Crippen molar-refractivity contribution in [1.82, 2.24) is 4.98 Å². The number of nitrogens with zero attached hydrogens (tertiary/aromatic N) is 1. The molecule has 2 N–H and O–H groups in total. The van der Waals surface area contributed by atoms with E-state index in [4.69, 9.17) is 10.2 Å². The molecule has 78 valence electrons. The fraction of sp³-hybridized carbons (Fsp3) is 0.556. The number of carbonyl (C=O) groups is 1. The van der Waals surface area contributed by atoms with Crippen molar-refractivity contribution in [3.63, 3.8) is 0 Å². The van der Waals surface area contributed by atoms with E-state index in [2.05, 4.69) is 9.72 Å². The molecule has 0 aliphatic rings. The Morgan fingerprint density at radius 3 is 2.64 bits per heavy atom. The first-order valence-electron chi connectivity index (χ1n) is 4.32. The lowest BCUT2D eigenvalue weighted by Crippen LogP contribution is -2.23. The summed E-state index contributed by atoms with van der Waals surface area (Å²) in [6.45, 7) is 3.73. The number of hydrogen-bond acceptors (Lipinski definition) is 5. The lowest BCUT2D eigenvalue weighted by molar-refractivity contribution is -0.142. The summed E-state index contributed by atoms with van der Waals surface area (Å²) in [5, 5.41) is 0. The smallest absolute Gasteiger partial charge is 0.319 e. The fourth-order valence-corrected chi connectivity index (χ4v) is 1.09. The molecule has 0 saturated carbocycles. The molecule has 0 amide bonds. The van der Waals surface area contributed by atoms with Crippen molar-refractivity contribution in [3.05, 3.63) is 17.3 Å². The number of aromatic nitrogens is 1. The van der Waals surface area contributed by atoms with Gasteiger partial charge in [0.05, 0.1) is 12.8 Å². The predicted molar refractivity (Wildman–Crippen MR) is 49.8 cm³/mol. The average Bonchev–Trinajstić information content (AvgIpc) is 2.48. The van der Waals surface area contributed by atoms with Gasteiger partial charge in [0, 0.05) is 6.54 Å². The first kappa shape index (κ1) is 10.7. The van der Waals surface area contributed by atoms with Crippen LogP contribution < -0.4 is 5.73 Å². The maximum atomic E-state index is 11.3. The average molecular weight is 198 g/mol. The monoisotopic (exact) mass is 198 g/mol. The van der Waals surface area contributed by atoms with Gasteiger partial charge in [0.15, 0.2) is 0 Å². The highest BCUT2D eigenvalue weighted by Crippen LogP contribution is 2.18. The van der Waals surface area contributed by atoms with Crippen LogP contribution in [0.5, 0.6) is 0 Å². The molecule has 0 bridgehead atoms. The van der Waals surface area contributed by atoms with Crippen molar-refractivity contribution >= 4 is 5.97 Å². The standard InChI is InChI=1S/C9H14N2O3/c1-5-6(2)14-8(11-5)7(4-10)9(12)13-3/h7H,4,10H2,1-3H3. The maximum Gasteiger partial charge on any atom is 0.319 e. The first-order chi connectivity index (χ1) is 6.60. The largest absolute Gasteiger partial charge is 0.468 e. The van der Waals surface area contributed by atoms with Gasteiger partial charge >= 0.3 is 5.97 Å². The van der Waals surface area contributed by atoms with Gasteiger partial charge in [-0.3, -0.25) is 4.79 Å². The van der Waals surface area contributed by atoms with E-state index in [9.17, 15) is 4.79 Å². The zero-order valence-corrected chi connectivity index (χ0v) is 8.53. The first-order valence-corrected chi connectivity index (χ1v) is 4.32. The summed E-state index contributed by atoms with van der Waals surface area (Å²) in [6, 6.07) is 0. The van der Waals surface area contributed by atoms with Crippen molar-refractivity contribution in [2.24, 2.45) is 5.73 Å². The highest BCUT2D eigenvalue weighted by Gasteiger charge is 2.25. The van der Waals surface area contributed by atoms with Crippen LogP contribution in [0.15, 0.2) is 4.42 Å². The van der Waals surface area contributed by atoms with Gasteiger partial charge in [-0.15, -0.1) is 0 Å². The van der Waals surface area contributed by atoms with E-state index in [0.29, 0.717) is 11.7 Å². The minimum Gasteiger partial charge on any atom is -0.468 e. The van der Waals surface area contributed by atoms with Gasteiger partial charge in [0.2, 0.25) is 5.89 Å². The van der Waals surface area contributed by atoms with Gasteiger partial charge in [-0.05, 0) is 13.8 Å². The molecule has 1 rings (SSSR count). The molecule has 1 aromatic heterocycles. The van der Waals surface area contributed by atoms with E-state index >= 15 is 0 Å². The Kier molecular flexibility index (Phi) is 3.24. The summed E-state index contributed by atoms with van der Waals surface area (Å²) in [7, 11) is 1.31. The minimum atomic E-state index is -0.604. The van der Waals surface area contributed by atoms with E-state index in [1.54, 1.807) is 6.92 Å². The number of hydrogen-bond donors (Lipinski definition) is 1. The number of esters is 1. The fourth-order valence-electron chi connectivity index (χ4n) is 1.09. The van der Waals surface area contributed by atoms with E-state index in [1.807, 2.05) is 6.92 Å². The second-order valence-corrected chi connectivity index (χ2v) is 3.01. The molecule has 0 saturated heterocycles. The van der Waals surface area contributed by atoms with Crippen LogP contribution in [-0.4, -0.2) is 24.6 Å². The number of methoxy groups -OCH3 is 1. The number of aryl methyl sites for hydroxylation is 2. The van der Waals surface area contributed by atoms with E-state index in [1.165, 1.54) is 7.11 Å². The van der Waals surface area contributed by atoms with E-state index in [0.717, 1.165) is 5.69 Å². The topological polar surface area (TPSA) is 78.4 Å². The zero-order chi connectivity index (χ0) is 10.7. The number of oxazole rings is 1. The maximum absolute atomic E-state index is 11.3. The SMILES string of the molecule is COC(=O)C(CN)c1nc(C)c(C)o1.